The molecule has 4 heterocycles. The van der Waals surface area contributed by atoms with Crippen LogP contribution in [0.5, 0.6) is 0 Å². The first-order valence-corrected chi connectivity index (χ1v) is 28.2. The third-order valence-electron chi connectivity index (χ3n) is 15.5. The molecule has 0 spiro atoms. The van der Waals surface area contributed by atoms with Gasteiger partial charge in [-0.1, -0.05) is 158 Å². The van der Waals surface area contributed by atoms with E-state index in [2.05, 4.69) is 256 Å². The van der Waals surface area contributed by atoms with Gasteiger partial charge in [-0.05, 0) is 92.9 Å². The van der Waals surface area contributed by atoms with Gasteiger partial charge < -0.3 is 38.2 Å². The summed E-state index contributed by atoms with van der Waals surface area (Å²) in [7, 11) is 0. The molecule has 10 heteroatoms. The van der Waals surface area contributed by atoms with Gasteiger partial charge in [0, 0.05) is 127 Å². The molecule has 406 valence electrons. The van der Waals surface area contributed by atoms with Gasteiger partial charge in [-0.2, -0.15) is 0 Å². The number of hydrogen-bond donors (Lipinski definition) is 0. The van der Waals surface area contributed by atoms with Crippen LogP contribution in [0.15, 0.2) is 249 Å². The molecular weight excluding hydrogens is 1000 g/mol. The lowest BCUT2D eigenvalue weighted by atomic mass is 9.98. The highest BCUT2D eigenvalue weighted by Crippen LogP contribution is 2.41. The molecule has 0 unspecified atom stereocenters. The van der Waals surface area contributed by atoms with Gasteiger partial charge in [0.2, 0.25) is 0 Å². The maximum absolute atomic E-state index is 12.8. The molecule has 0 atom stereocenters. The van der Waals surface area contributed by atoms with E-state index in [0.29, 0.717) is 24.4 Å². The molecule has 0 saturated heterocycles. The largest absolute Gasteiger partial charge is 0.423 e. The van der Waals surface area contributed by atoms with Crippen LogP contribution >= 0.6 is 0 Å². The molecule has 8 aromatic carbocycles. The zero-order valence-corrected chi connectivity index (χ0v) is 46.6. The summed E-state index contributed by atoms with van der Waals surface area (Å²) in [4.78, 5) is 39.3. The molecule has 0 fully saturated rings. The van der Waals surface area contributed by atoms with Gasteiger partial charge >= 0.3 is 11.3 Å². The molecular formula is C71H68N6O4. The second kappa shape index (κ2) is 24.6. The summed E-state index contributed by atoms with van der Waals surface area (Å²) in [6, 6.07) is 79.4. The van der Waals surface area contributed by atoms with Gasteiger partial charge in [-0.25, -0.2) is 9.59 Å². The fourth-order valence-corrected chi connectivity index (χ4v) is 11.5. The average molecular weight is 1070 g/mol. The number of para-hydroxylation sites is 2. The number of aryl methyl sites for hydroxylation is 1. The Bertz CT molecular complexity index is 3920. The van der Waals surface area contributed by atoms with Gasteiger partial charge in [0.25, 0.3) is 0 Å². The van der Waals surface area contributed by atoms with Crippen molar-refractivity contribution in [2.75, 3.05) is 72.1 Å². The predicted molar refractivity (Wildman–Crippen MR) is 335 cm³/mol. The number of anilines is 4. The minimum atomic E-state index is -0.319. The minimum Gasteiger partial charge on any atom is -0.423 e. The molecule has 12 rings (SSSR count). The minimum absolute atomic E-state index is 0.316. The summed E-state index contributed by atoms with van der Waals surface area (Å²) in [5.41, 5.74) is 16.3. The van der Waals surface area contributed by atoms with Crippen LogP contribution < -0.4 is 30.9 Å². The van der Waals surface area contributed by atoms with Crippen LogP contribution in [0.2, 0.25) is 0 Å². The monoisotopic (exact) mass is 1070 g/mol. The fourth-order valence-electron chi connectivity index (χ4n) is 11.5. The molecule has 2 aliphatic heterocycles. The first kappa shape index (κ1) is 53.5. The van der Waals surface area contributed by atoms with Gasteiger partial charge in [0.05, 0.1) is 29.5 Å². The normalized spacial score (nSPS) is 13.6. The van der Waals surface area contributed by atoms with Crippen LogP contribution in [0.25, 0.3) is 44.7 Å². The van der Waals surface area contributed by atoms with E-state index in [-0.39, 0.29) is 11.3 Å². The number of hydrogen-bond acceptors (Lipinski definition) is 10. The van der Waals surface area contributed by atoms with E-state index < -0.39 is 0 Å². The number of benzene rings is 8. The van der Waals surface area contributed by atoms with Crippen LogP contribution in [-0.4, -0.2) is 62.3 Å². The van der Waals surface area contributed by atoms with Crippen LogP contribution in [0.4, 0.5) is 22.7 Å². The maximum atomic E-state index is 12.8. The Kier molecular flexibility index (Phi) is 16.3. The Morgan fingerprint density at radius 1 is 0.395 bits per heavy atom. The highest BCUT2D eigenvalue weighted by molar-refractivity contribution is 5.99. The second-order valence-electron chi connectivity index (χ2n) is 20.4. The lowest BCUT2D eigenvalue weighted by Crippen LogP contribution is -2.45. The molecule has 2 aliphatic rings. The summed E-state index contributed by atoms with van der Waals surface area (Å²) in [6.07, 6.45) is 0. The van der Waals surface area contributed by atoms with Gasteiger partial charge in [0.15, 0.2) is 0 Å². The van der Waals surface area contributed by atoms with E-state index >= 15 is 0 Å². The molecule has 81 heavy (non-hydrogen) atoms. The van der Waals surface area contributed by atoms with E-state index in [1.165, 1.54) is 28.2 Å². The van der Waals surface area contributed by atoms with Crippen molar-refractivity contribution in [3.8, 4) is 0 Å². The van der Waals surface area contributed by atoms with Crippen LogP contribution in [0, 0.1) is 6.92 Å². The van der Waals surface area contributed by atoms with Crippen molar-refractivity contribution in [3.63, 3.8) is 0 Å². The SMILES string of the molecule is CCN(CC)c1ccc2c(CN3CCN(c4ccccc4)C(c4ccccc4)=C3c3ccccc3)cc(=O)oc2c1.CCN(CN1CCN(c2ccccc2)C(c2ccccc2)=C1c1ccccc1)c1ccc2c(C)cc(=O)oc2c1. The number of fused-ring (bicyclic) bond motifs is 2. The fraction of sp³-hybridized carbons (Fsp3) is 0.183. The Labute approximate surface area is 475 Å². The van der Waals surface area contributed by atoms with Gasteiger partial charge in [-0.3, -0.25) is 0 Å². The Morgan fingerprint density at radius 2 is 0.778 bits per heavy atom. The van der Waals surface area contributed by atoms with Crippen LogP contribution in [0.3, 0.4) is 0 Å². The summed E-state index contributed by atoms with van der Waals surface area (Å²) in [5.74, 6) is 0. The van der Waals surface area contributed by atoms with Crippen molar-refractivity contribution in [2.45, 2.75) is 34.2 Å². The highest BCUT2D eigenvalue weighted by Gasteiger charge is 2.32. The lowest BCUT2D eigenvalue weighted by molar-refractivity contribution is 0.390. The number of rotatable bonds is 15. The van der Waals surface area contributed by atoms with Crippen LogP contribution in [0.1, 0.15) is 54.2 Å². The van der Waals surface area contributed by atoms with E-state index in [1.807, 2.05) is 19.1 Å². The van der Waals surface area contributed by atoms with E-state index in [0.717, 1.165) is 107 Å². The third kappa shape index (κ3) is 11.6. The molecule has 0 radical (unpaired) electrons. The van der Waals surface area contributed by atoms with Crippen molar-refractivity contribution >= 4 is 67.5 Å². The molecule has 0 amide bonds. The lowest BCUT2D eigenvalue weighted by Gasteiger charge is -2.43. The molecule has 0 saturated carbocycles. The van der Waals surface area contributed by atoms with Crippen molar-refractivity contribution in [3.05, 3.63) is 285 Å². The maximum Gasteiger partial charge on any atom is 0.336 e. The van der Waals surface area contributed by atoms with Crippen molar-refractivity contribution in [1.82, 2.24) is 9.80 Å². The predicted octanol–water partition coefficient (Wildman–Crippen LogP) is 14.7. The van der Waals surface area contributed by atoms with Gasteiger partial charge in [-0.15, -0.1) is 0 Å². The molecule has 10 aromatic rings. The van der Waals surface area contributed by atoms with Crippen molar-refractivity contribution in [1.29, 1.82) is 0 Å². The topological polar surface area (TPSA) is 79.9 Å². The Hall–Kier alpha value is -9.54. The first-order chi connectivity index (χ1) is 39.8. The summed E-state index contributed by atoms with van der Waals surface area (Å²) < 4.78 is 11.3. The second-order valence-corrected chi connectivity index (χ2v) is 20.4. The van der Waals surface area contributed by atoms with E-state index in [9.17, 15) is 9.59 Å². The molecule has 0 bridgehead atoms. The quantitative estimate of drug-likeness (QED) is 0.0926. The first-order valence-electron chi connectivity index (χ1n) is 28.2. The smallest absolute Gasteiger partial charge is 0.336 e. The number of nitrogens with zero attached hydrogens (tertiary/aromatic N) is 6. The highest BCUT2D eigenvalue weighted by atomic mass is 16.4. The van der Waals surface area contributed by atoms with Crippen molar-refractivity contribution in [2.24, 2.45) is 0 Å². The third-order valence-corrected chi connectivity index (χ3v) is 15.5. The van der Waals surface area contributed by atoms with E-state index in [1.54, 1.807) is 12.1 Å². The zero-order chi connectivity index (χ0) is 55.7. The molecule has 10 nitrogen and oxygen atoms in total. The Balaban J connectivity index is 0.000000170. The summed E-state index contributed by atoms with van der Waals surface area (Å²) in [5, 5.41) is 1.94. The molecule has 2 aromatic heterocycles. The molecule has 0 N–H and O–H groups in total. The molecule has 0 aliphatic carbocycles. The average Bonchev–Trinajstić information content (AvgIpc) is 3.71. The van der Waals surface area contributed by atoms with E-state index in [4.69, 9.17) is 8.83 Å². The summed E-state index contributed by atoms with van der Waals surface area (Å²) >= 11 is 0. The standard InChI is InChI=1S/C36H35N3O2.C35H33N3O2/c1-3-37(4-2)31-20-21-32-29(24-34(40)41-33(32)25-31)26-38-22-23-39(30-18-12-7-13-19-30)36(28-16-10-6-11-17-28)35(38)27-14-8-5-9-15-27;1-3-36(30-19-20-31-26(2)23-33(39)40-32(31)24-30)25-37-21-22-38(29-17-11-6-12-18-29)35(28-15-9-5-10-16-28)34(37)27-13-7-4-8-14-27/h5-21,24-25H,3-4,22-23,26H2,1-2H3;4-20,23-24H,3,21-22,25H2,1-2H3. The summed E-state index contributed by atoms with van der Waals surface area (Å²) in [6.45, 7) is 15.6. The van der Waals surface area contributed by atoms with Crippen molar-refractivity contribution < 1.29 is 8.83 Å². The van der Waals surface area contributed by atoms with Gasteiger partial charge in [0.1, 0.15) is 11.2 Å². The zero-order valence-electron chi connectivity index (χ0n) is 46.6. The van der Waals surface area contributed by atoms with Crippen LogP contribution in [-0.2, 0) is 6.54 Å². The Morgan fingerprint density at radius 3 is 1.25 bits per heavy atom.